The maximum absolute atomic E-state index is 14.6. The molecule has 2 heterocycles. The highest BCUT2D eigenvalue weighted by molar-refractivity contribution is 6.02. The van der Waals surface area contributed by atoms with E-state index >= 15 is 0 Å². The van der Waals surface area contributed by atoms with E-state index in [0.717, 1.165) is 4.57 Å². The molecule has 3 aromatic carbocycles. The van der Waals surface area contributed by atoms with Crippen LogP contribution in [0.5, 0.6) is 0 Å². The number of Topliss-reactive ketones (excluding diaryl/α,β-unsaturated/α-hetero) is 1. The number of nitrogens with zero attached hydrogens (tertiary/aromatic N) is 2. The van der Waals surface area contributed by atoms with E-state index in [-0.39, 0.29) is 58.2 Å². The summed E-state index contributed by atoms with van der Waals surface area (Å²) in [6, 6.07) is 12.4. The third-order valence-electron chi connectivity index (χ3n) is 9.03. The van der Waals surface area contributed by atoms with Crippen LogP contribution in [0.15, 0.2) is 65.5 Å². The number of carboxylic acids is 1. The molecule has 8 nitrogen and oxygen atoms in total. The van der Waals surface area contributed by atoms with Crippen molar-refractivity contribution in [2.75, 3.05) is 19.6 Å². The van der Waals surface area contributed by atoms with E-state index in [4.69, 9.17) is 0 Å². The van der Waals surface area contributed by atoms with Gasteiger partial charge in [0.2, 0.25) is 5.91 Å². The Morgan fingerprint density at radius 3 is 2.10 bits per heavy atom. The molecule has 1 amide bonds. The Balaban J connectivity index is 1.55. The first-order chi connectivity index (χ1) is 22.5. The number of para-hydroxylation sites is 1. The summed E-state index contributed by atoms with van der Waals surface area (Å²) in [5, 5.41) is 12.3. The topological polar surface area (TPSA) is 109 Å². The van der Waals surface area contributed by atoms with Gasteiger partial charge in [-0.15, -0.1) is 0 Å². The maximum Gasteiger partial charge on any atom is 0.417 e. The van der Waals surface area contributed by atoms with Gasteiger partial charge in [0.05, 0.1) is 23.2 Å². The molecule has 48 heavy (non-hydrogen) atoms. The van der Waals surface area contributed by atoms with E-state index in [2.05, 4.69) is 5.32 Å². The summed E-state index contributed by atoms with van der Waals surface area (Å²) in [6.45, 7) is 0.809. The molecule has 0 unspecified atom stereocenters. The number of likely N-dealkylation sites (tertiary alicyclic amines) is 1. The SMILES string of the molecule is CC(=O)CN1CCC(C(=O)N[C@@H](Cc2cccc3c(-c4c(C(F)(F)F)c5ccccc5n(C)c4=O)cccc23)C(=O)O)(C(F)(F)F)CC1. The van der Waals surface area contributed by atoms with E-state index in [9.17, 15) is 50.6 Å². The van der Waals surface area contributed by atoms with Crippen molar-refractivity contribution in [2.45, 2.75) is 44.6 Å². The molecule has 254 valence electrons. The lowest BCUT2D eigenvalue weighted by Gasteiger charge is -2.41. The Hall–Kier alpha value is -4.72. The number of ketones is 1. The van der Waals surface area contributed by atoms with Gasteiger partial charge >= 0.3 is 18.3 Å². The van der Waals surface area contributed by atoms with Crippen LogP contribution in [0.2, 0.25) is 0 Å². The second-order valence-electron chi connectivity index (χ2n) is 12.1. The number of fused-ring (bicyclic) bond motifs is 2. The summed E-state index contributed by atoms with van der Waals surface area (Å²) in [5.41, 5.74) is -5.34. The fourth-order valence-electron chi connectivity index (χ4n) is 6.58. The Morgan fingerprint density at radius 1 is 0.896 bits per heavy atom. The largest absolute Gasteiger partial charge is 0.480 e. The van der Waals surface area contributed by atoms with Crippen molar-refractivity contribution in [3.63, 3.8) is 0 Å². The van der Waals surface area contributed by atoms with Crippen LogP contribution in [-0.2, 0) is 34.0 Å². The lowest BCUT2D eigenvalue weighted by atomic mass is 9.76. The number of amides is 1. The minimum absolute atomic E-state index is 0.0701. The molecule has 1 aromatic heterocycles. The van der Waals surface area contributed by atoms with Gasteiger partial charge in [-0.1, -0.05) is 54.6 Å². The molecule has 14 heteroatoms. The van der Waals surface area contributed by atoms with Gasteiger partial charge in [0.15, 0.2) is 0 Å². The Labute approximate surface area is 269 Å². The number of aryl methyl sites for hydroxylation is 1. The smallest absolute Gasteiger partial charge is 0.417 e. The Kier molecular flexibility index (Phi) is 9.17. The molecule has 1 aliphatic rings. The number of halogens is 6. The normalized spacial score (nSPS) is 16.2. The average Bonchev–Trinajstić information content (AvgIpc) is 3.01. The molecule has 5 rings (SSSR count). The summed E-state index contributed by atoms with van der Waals surface area (Å²) in [7, 11) is 1.35. The van der Waals surface area contributed by atoms with Crippen LogP contribution in [0.25, 0.3) is 32.8 Å². The number of rotatable bonds is 8. The van der Waals surface area contributed by atoms with Gasteiger partial charge < -0.3 is 15.0 Å². The van der Waals surface area contributed by atoms with Crippen LogP contribution >= 0.6 is 0 Å². The zero-order valence-corrected chi connectivity index (χ0v) is 25.8. The second kappa shape index (κ2) is 12.7. The number of carbonyl (C=O) groups excluding carboxylic acids is 2. The average molecular weight is 676 g/mol. The zero-order valence-electron chi connectivity index (χ0n) is 25.8. The monoisotopic (exact) mass is 675 g/mol. The van der Waals surface area contributed by atoms with Crippen LogP contribution < -0.4 is 10.9 Å². The Morgan fingerprint density at radius 2 is 1.50 bits per heavy atom. The molecule has 1 aliphatic heterocycles. The highest BCUT2D eigenvalue weighted by Crippen LogP contribution is 2.47. The molecular formula is C34H31F6N3O5. The summed E-state index contributed by atoms with van der Waals surface area (Å²) in [5.74, 6) is -3.38. The number of pyridine rings is 1. The second-order valence-corrected chi connectivity index (χ2v) is 12.1. The number of benzene rings is 3. The number of alkyl halides is 6. The third-order valence-corrected chi connectivity index (χ3v) is 9.03. The van der Waals surface area contributed by atoms with E-state index in [1.54, 1.807) is 0 Å². The molecule has 0 aliphatic carbocycles. The number of aliphatic carboxylic acids is 1. The van der Waals surface area contributed by atoms with Gasteiger partial charge in [-0.05, 0) is 60.8 Å². The molecule has 0 bridgehead atoms. The van der Waals surface area contributed by atoms with E-state index in [0.29, 0.717) is 0 Å². The van der Waals surface area contributed by atoms with Gasteiger partial charge in [0.25, 0.3) is 5.56 Å². The molecule has 2 N–H and O–H groups in total. The lowest BCUT2D eigenvalue weighted by Crippen LogP contribution is -2.59. The van der Waals surface area contributed by atoms with Crippen molar-refractivity contribution < 1.29 is 45.8 Å². The van der Waals surface area contributed by atoms with Crippen molar-refractivity contribution in [1.29, 1.82) is 0 Å². The molecule has 0 radical (unpaired) electrons. The van der Waals surface area contributed by atoms with E-state index in [1.165, 1.54) is 79.5 Å². The maximum atomic E-state index is 14.6. The van der Waals surface area contributed by atoms with E-state index < -0.39 is 71.6 Å². The van der Waals surface area contributed by atoms with E-state index in [1.807, 2.05) is 0 Å². The third kappa shape index (κ3) is 6.28. The molecule has 1 atom stereocenters. The summed E-state index contributed by atoms with van der Waals surface area (Å²) in [6.07, 6.45) is -11.8. The highest BCUT2D eigenvalue weighted by atomic mass is 19.4. The molecule has 0 spiro atoms. The molecule has 1 fully saturated rings. The van der Waals surface area contributed by atoms with Crippen LogP contribution in [0.1, 0.15) is 30.9 Å². The van der Waals surface area contributed by atoms with Crippen LogP contribution in [-0.4, -0.2) is 64.1 Å². The van der Waals surface area contributed by atoms with Crippen molar-refractivity contribution in [2.24, 2.45) is 12.5 Å². The lowest BCUT2D eigenvalue weighted by molar-refractivity contribution is -0.233. The highest BCUT2D eigenvalue weighted by Gasteiger charge is 2.61. The fourth-order valence-corrected chi connectivity index (χ4v) is 6.58. The van der Waals surface area contributed by atoms with Crippen LogP contribution in [0.4, 0.5) is 26.3 Å². The van der Waals surface area contributed by atoms with Gasteiger partial charge in [-0.3, -0.25) is 19.3 Å². The molecular weight excluding hydrogens is 644 g/mol. The number of carboxylic acid groups (broad SMARTS) is 1. The predicted octanol–water partition coefficient (Wildman–Crippen LogP) is 5.72. The number of piperidine rings is 1. The number of carbonyl (C=O) groups is 3. The summed E-state index contributed by atoms with van der Waals surface area (Å²) >= 11 is 0. The summed E-state index contributed by atoms with van der Waals surface area (Å²) < 4.78 is 88.2. The zero-order chi connectivity index (χ0) is 35.2. The first kappa shape index (κ1) is 34.6. The summed E-state index contributed by atoms with van der Waals surface area (Å²) in [4.78, 5) is 52.1. The first-order valence-electron chi connectivity index (χ1n) is 15.0. The van der Waals surface area contributed by atoms with Crippen molar-refractivity contribution in [3.05, 3.63) is 82.1 Å². The quantitative estimate of drug-likeness (QED) is 0.231. The predicted molar refractivity (Wildman–Crippen MR) is 165 cm³/mol. The van der Waals surface area contributed by atoms with Crippen molar-refractivity contribution in [1.82, 2.24) is 14.8 Å². The van der Waals surface area contributed by atoms with Gasteiger partial charge in [0.1, 0.15) is 17.2 Å². The fraction of sp³-hybridized carbons (Fsp3) is 0.353. The first-order valence-corrected chi connectivity index (χ1v) is 15.0. The molecule has 4 aromatic rings. The molecule has 1 saturated heterocycles. The van der Waals surface area contributed by atoms with Crippen molar-refractivity contribution in [3.8, 4) is 11.1 Å². The molecule has 0 saturated carbocycles. The minimum atomic E-state index is -5.01. The van der Waals surface area contributed by atoms with Gasteiger partial charge in [0, 0.05) is 18.9 Å². The number of nitrogens with one attached hydrogen (secondary N) is 1. The number of aromatic nitrogens is 1. The standard InChI is InChI=1S/C34H31F6N3O5/c1-19(44)18-43-15-13-32(14-16-43,34(38,39)40)31(48)41-25(30(46)47)17-20-7-5-10-22-21(20)9-6-11-23(22)27-28(33(35,36)37)24-8-3-4-12-26(24)42(2)29(27)45/h3-12,25H,13-18H2,1-2H3,(H,41,48)(H,46,47)/t25-/m0/s1. The van der Waals surface area contributed by atoms with Gasteiger partial charge in [-0.25, -0.2) is 4.79 Å². The van der Waals surface area contributed by atoms with Crippen LogP contribution in [0, 0.1) is 5.41 Å². The number of hydrogen-bond acceptors (Lipinski definition) is 5. The minimum Gasteiger partial charge on any atom is -0.480 e. The number of hydrogen-bond donors (Lipinski definition) is 2. The Bertz CT molecular complexity index is 1980. The van der Waals surface area contributed by atoms with Crippen LogP contribution in [0.3, 0.4) is 0 Å². The van der Waals surface area contributed by atoms with Gasteiger partial charge in [-0.2, -0.15) is 26.3 Å². The van der Waals surface area contributed by atoms with Crippen molar-refractivity contribution >= 4 is 39.3 Å².